The summed E-state index contributed by atoms with van der Waals surface area (Å²) in [6, 6.07) is -0.563. The SMILES string of the molecule is CN1C(=O)N(C#N)C(=O)C1(C)C. The number of imide groups is 1. The molecule has 1 saturated heterocycles. The Kier molecular flexibility index (Phi) is 1.57. The molecule has 1 aliphatic rings. The van der Waals surface area contributed by atoms with Crippen LogP contribution in [0.25, 0.3) is 0 Å². The first-order chi connectivity index (χ1) is 5.42. The maximum atomic E-state index is 11.3. The van der Waals surface area contributed by atoms with Crippen LogP contribution in [0.15, 0.2) is 0 Å². The van der Waals surface area contributed by atoms with Crippen LogP contribution in [0.4, 0.5) is 4.79 Å². The average molecular weight is 167 g/mol. The Morgan fingerprint density at radius 3 is 2.08 bits per heavy atom. The topological polar surface area (TPSA) is 64.4 Å². The van der Waals surface area contributed by atoms with Crippen LogP contribution in [0, 0.1) is 11.5 Å². The van der Waals surface area contributed by atoms with Gasteiger partial charge in [-0.3, -0.25) is 4.79 Å². The van der Waals surface area contributed by atoms with Gasteiger partial charge in [-0.25, -0.2) is 4.79 Å². The normalized spacial score (nSPS) is 21.5. The fraction of sp³-hybridized carbons (Fsp3) is 0.571. The van der Waals surface area contributed by atoms with Gasteiger partial charge in [-0.1, -0.05) is 0 Å². The Hall–Kier alpha value is -1.57. The van der Waals surface area contributed by atoms with Gasteiger partial charge in [-0.2, -0.15) is 10.2 Å². The van der Waals surface area contributed by atoms with Crippen molar-refractivity contribution in [2.45, 2.75) is 19.4 Å². The molecule has 0 unspecified atom stereocenters. The number of hydrogen-bond donors (Lipinski definition) is 0. The first kappa shape index (κ1) is 8.53. The highest BCUT2D eigenvalue weighted by Gasteiger charge is 2.49. The highest BCUT2D eigenvalue weighted by molar-refractivity contribution is 6.07. The Bertz CT molecular complexity index is 290. The molecule has 0 aromatic heterocycles. The molecule has 0 saturated carbocycles. The minimum absolute atomic E-state index is 0.475. The third-order valence-electron chi connectivity index (χ3n) is 2.14. The van der Waals surface area contributed by atoms with Crippen molar-refractivity contribution in [1.82, 2.24) is 9.80 Å². The molecule has 0 radical (unpaired) electrons. The average Bonchev–Trinajstić information content (AvgIpc) is 2.15. The molecule has 0 N–H and O–H groups in total. The minimum atomic E-state index is -0.896. The van der Waals surface area contributed by atoms with Gasteiger partial charge in [-0.05, 0) is 13.8 Å². The van der Waals surface area contributed by atoms with E-state index in [-0.39, 0.29) is 0 Å². The number of nitriles is 1. The smallest absolute Gasteiger partial charge is 0.312 e. The molecular weight excluding hydrogens is 158 g/mol. The van der Waals surface area contributed by atoms with Crippen molar-refractivity contribution in [1.29, 1.82) is 5.26 Å². The van der Waals surface area contributed by atoms with Crippen LogP contribution in [-0.2, 0) is 4.79 Å². The van der Waals surface area contributed by atoms with Gasteiger partial charge in [0.05, 0.1) is 0 Å². The van der Waals surface area contributed by atoms with E-state index in [0.29, 0.717) is 4.90 Å². The predicted octanol–water partition coefficient (Wildman–Crippen LogP) is 0.140. The standard InChI is InChI=1S/C7H9N3O2/c1-7(2)5(11)10(4-8)6(12)9(7)3/h1-3H3. The summed E-state index contributed by atoms with van der Waals surface area (Å²) in [6.07, 6.45) is 1.54. The van der Waals surface area contributed by atoms with Crippen LogP contribution in [0.5, 0.6) is 0 Å². The summed E-state index contributed by atoms with van der Waals surface area (Å²) in [4.78, 5) is 24.3. The van der Waals surface area contributed by atoms with Crippen molar-refractivity contribution in [3.05, 3.63) is 0 Å². The monoisotopic (exact) mass is 167 g/mol. The van der Waals surface area contributed by atoms with Gasteiger partial charge < -0.3 is 4.90 Å². The molecule has 5 nitrogen and oxygen atoms in total. The molecule has 1 fully saturated rings. The van der Waals surface area contributed by atoms with Crippen LogP contribution in [0.1, 0.15) is 13.8 Å². The second kappa shape index (κ2) is 2.21. The summed E-state index contributed by atoms with van der Waals surface area (Å²) in [5, 5.41) is 8.46. The molecule has 5 heteroatoms. The molecule has 1 aliphatic heterocycles. The van der Waals surface area contributed by atoms with Gasteiger partial charge in [0.15, 0.2) is 6.19 Å². The van der Waals surface area contributed by atoms with Gasteiger partial charge in [-0.15, -0.1) is 0 Å². The molecule has 0 aromatic carbocycles. The third kappa shape index (κ3) is 0.780. The zero-order valence-corrected chi connectivity index (χ0v) is 7.16. The molecule has 1 rings (SSSR count). The number of carbonyl (C=O) groups excluding carboxylic acids is 2. The Balaban J connectivity index is 3.13. The highest BCUT2D eigenvalue weighted by atomic mass is 16.2. The van der Waals surface area contributed by atoms with E-state index in [2.05, 4.69) is 0 Å². The van der Waals surface area contributed by atoms with Crippen LogP contribution < -0.4 is 0 Å². The summed E-state index contributed by atoms with van der Waals surface area (Å²) in [5.41, 5.74) is -0.896. The summed E-state index contributed by atoms with van der Waals surface area (Å²) in [7, 11) is 1.50. The van der Waals surface area contributed by atoms with E-state index in [0.717, 1.165) is 0 Å². The Labute approximate surface area is 70.2 Å². The zero-order chi connectivity index (χ0) is 9.52. The lowest BCUT2D eigenvalue weighted by atomic mass is 10.1. The van der Waals surface area contributed by atoms with Gasteiger partial charge in [0, 0.05) is 7.05 Å². The van der Waals surface area contributed by atoms with Crippen molar-refractivity contribution in [3.63, 3.8) is 0 Å². The number of urea groups is 1. The van der Waals surface area contributed by atoms with Crippen molar-refractivity contribution < 1.29 is 9.59 Å². The second-order valence-electron chi connectivity index (χ2n) is 3.14. The first-order valence-corrected chi connectivity index (χ1v) is 3.45. The van der Waals surface area contributed by atoms with E-state index in [1.807, 2.05) is 0 Å². The molecule has 12 heavy (non-hydrogen) atoms. The molecular formula is C7H9N3O2. The Morgan fingerprint density at radius 1 is 1.42 bits per heavy atom. The number of amides is 3. The molecule has 0 aromatic rings. The van der Waals surface area contributed by atoms with Gasteiger partial charge >= 0.3 is 6.03 Å². The maximum absolute atomic E-state index is 11.3. The summed E-state index contributed by atoms with van der Waals surface area (Å²) in [5.74, 6) is -0.475. The number of rotatable bonds is 0. The second-order valence-corrected chi connectivity index (χ2v) is 3.14. The molecule has 0 aliphatic carbocycles. The van der Waals surface area contributed by atoms with Crippen molar-refractivity contribution >= 4 is 11.9 Å². The fourth-order valence-electron chi connectivity index (χ4n) is 0.981. The summed E-state index contributed by atoms with van der Waals surface area (Å²) in [6.45, 7) is 3.20. The number of carbonyl (C=O) groups is 2. The van der Waals surface area contributed by atoms with E-state index in [1.54, 1.807) is 20.0 Å². The molecule has 3 amide bonds. The quantitative estimate of drug-likeness (QED) is 0.380. The van der Waals surface area contributed by atoms with Gasteiger partial charge in [0.2, 0.25) is 0 Å². The third-order valence-corrected chi connectivity index (χ3v) is 2.14. The van der Waals surface area contributed by atoms with E-state index < -0.39 is 17.5 Å². The van der Waals surface area contributed by atoms with E-state index in [9.17, 15) is 9.59 Å². The molecule has 0 bridgehead atoms. The van der Waals surface area contributed by atoms with E-state index >= 15 is 0 Å². The highest BCUT2D eigenvalue weighted by Crippen LogP contribution is 2.24. The summed E-state index contributed by atoms with van der Waals surface area (Å²) < 4.78 is 0. The minimum Gasteiger partial charge on any atom is -0.312 e. The molecule has 0 atom stereocenters. The lowest BCUT2D eigenvalue weighted by Crippen LogP contribution is -2.41. The largest absolute Gasteiger partial charge is 0.341 e. The van der Waals surface area contributed by atoms with Crippen LogP contribution in [0.3, 0.4) is 0 Å². The zero-order valence-electron chi connectivity index (χ0n) is 7.16. The van der Waals surface area contributed by atoms with Gasteiger partial charge in [0.1, 0.15) is 5.54 Å². The van der Waals surface area contributed by atoms with Crippen molar-refractivity contribution in [2.24, 2.45) is 0 Å². The summed E-state index contributed by atoms with van der Waals surface area (Å²) >= 11 is 0. The number of likely N-dealkylation sites (N-methyl/N-ethyl adjacent to an activating group) is 1. The van der Waals surface area contributed by atoms with Crippen molar-refractivity contribution in [3.8, 4) is 6.19 Å². The van der Waals surface area contributed by atoms with Crippen molar-refractivity contribution in [2.75, 3.05) is 7.05 Å². The van der Waals surface area contributed by atoms with E-state index in [4.69, 9.17) is 5.26 Å². The van der Waals surface area contributed by atoms with E-state index in [1.165, 1.54) is 11.9 Å². The first-order valence-electron chi connectivity index (χ1n) is 3.45. The van der Waals surface area contributed by atoms with Gasteiger partial charge in [0.25, 0.3) is 5.91 Å². The lowest BCUT2D eigenvalue weighted by molar-refractivity contribution is -0.129. The molecule has 1 heterocycles. The number of hydrogen-bond acceptors (Lipinski definition) is 3. The number of nitrogens with zero attached hydrogens (tertiary/aromatic N) is 3. The van der Waals surface area contributed by atoms with Crippen LogP contribution in [-0.4, -0.2) is 34.3 Å². The maximum Gasteiger partial charge on any atom is 0.341 e. The fourth-order valence-corrected chi connectivity index (χ4v) is 0.981. The Morgan fingerprint density at radius 2 is 1.92 bits per heavy atom. The lowest BCUT2D eigenvalue weighted by Gasteiger charge is -2.22. The van der Waals surface area contributed by atoms with Crippen LogP contribution in [0.2, 0.25) is 0 Å². The molecule has 64 valence electrons. The van der Waals surface area contributed by atoms with Crippen LogP contribution >= 0.6 is 0 Å². The molecule has 0 spiro atoms. The predicted molar refractivity (Wildman–Crippen MR) is 39.7 cm³/mol.